The van der Waals surface area contributed by atoms with Gasteiger partial charge in [-0.1, -0.05) is 30.3 Å². The number of carbonyl (C=O) groups excluding carboxylic acids is 1. The predicted molar refractivity (Wildman–Crippen MR) is 68.0 cm³/mol. The van der Waals surface area contributed by atoms with Crippen molar-refractivity contribution in [3.8, 4) is 0 Å². The highest BCUT2D eigenvalue weighted by molar-refractivity contribution is 5.93. The van der Waals surface area contributed by atoms with E-state index in [1.165, 1.54) is 0 Å². The van der Waals surface area contributed by atoms with Crippen molar-refractivity contribution < 1.29 is 4.79 Å². The third-order valence-electron chi connectivity index (χ3n) is 2.81. The number of hydrogen-bond acceptors (Lipinski definition) is 3. The molecule has 0 saturated carbocycles. The molecule has 0 saturated heterocycles. The zero-order valence-electron chi connectivity index (χ0n) is 10.6. The Hall–Kier alpha value is -2.17. The lowest BCUT2D eigenvalue weighted by atomic mass is 10.2. The number of benzene rings is 1. The zero-order chi connectivity index (χ0) is 13.0. The first kappa shape index (κ1) is 12.3. The third kappa shape index (κ3) is 2.56. The van der Waals surface area contributed by atoms with E-state index in [-0.39, 0.29) is 5.91 Å². The van der Waals surface area contributed by atoms with E-state index in [0.717, 1.165) is 5.56 Å². The average molecular weight is 244 g/mol. The molecule has 18 heavy (non-hydrogen) atoms. The summed E-state index contributed by atoms with van der Waals surface area (Å²) in [5.74, 6) is -0.0902. The maximum absolute atomic E-state index is 12.3. The first-order valence-electron chi connectivity index (χ1n) is 5.93. The van der Waals surface area contributed by atoms with E-state index in [1.807, 2.05) is 37.3 Å². The molecular formula is C13H16N4O. The number of rotatable bonds is 4. The van der Waals surface area contributed by atoms with Crippen LogP contribution in [0.25, 0.3) is 0 Å². The van der Waals surface area contributed by atoms with Crippen LogP contribution in [0.4, 0.5) is 0 Å². The molecule has 0 aliphatic heterocycles. The number of hydrogen-bond donors (Lipinski definition) is 1. The molecule has 1 amide bonds. The number of H-pyrrole nitrogens is 1. The van der Waals surface area contributed by atoms with Crippen molar-refractivity contribution >= 4 is 5.91 Å². The quantitative estimate of drug-likeness (QED) is 0.891. The second kappa shape index (κ2) is 5.44. The summed E-state index contributed by atoms with van der Waals surface area (Å²) in [5.41, 5.74) is 2.13. The Morgan fingerprint density at radius 2 is 2.00 bits per heavy atom. The smallest absolute Gasteiger partial charge is 0.276 e. The summed E-state index contributed by atoms with van der Waals surface area (Å²) in [6.45, 7) is 4.95. The maximum atomic E-state index is 12.3. The van der Waals surface area contributed by atoms with E-state index < -0.39 is 0 Å². The van der Waals surface area contributed by atoms with Crippen LogP contribution in [-0.2, 0) is 6.54 Å². The van der Waals surface area contributed by atoms with Crippen molar-refractivity contribution in [2.24, 2.45) is 0 Å². The normalized spacial score (nSPS) is 10.3. The lowest BCUT2D eigenvalue weighted by molar-refractivity contribution is 0.0746. The number of aromatic amines is 1. The topological polar surface area (TPSA) is 61.9 Å². The molecule has 0 atom stereocenters. The second-order valence-corrected chi connectivity index (χ2v) is 4.06. The van der Waals surface area contributed by atoms with Crippen LogP contribution in [0.1, 0.15) is 28.7 Å². The fraction of sp³-hybridized carbons (Fsp3) is 0.308. The first-order valence-corrected chi connectivity index (χ1v) is 5.93. The summed E-state index contributed by atoms with van der Waals surface area (Å²) in [7, 11) is 0. The summed E-state index contributed by atoms with van der Waals surface area (Å²) >= 11 is 0. The Morgan fingerprint density at radius 3 is 2.56 bits per heavy atom. The van der Waals surface area contributed by atoms with Gasteiger partial charge in [-0.2, -0.15) is 15.4 Å². The van der Waals surface area contributed by atoms with Crippen LogP contribution in [0.3, 0.4) is 0 Å². The van der Waals surface area contributed by atoms with Crippen molar-refractivity contribution in [1.29, 1.82) is 0 Å². The van der Waals surface area contributed by atoms with E-state index in [4.69, 9.17) is 0 Å². The summed E-state index contributed by atoms with van der Waals surface area (Å²) in [5, 5.41) is 10.3. The van der Waals surface area contributed by atoms with E-state index in [1.54, 1.807) is 11.8 Å². The van der Waals surface area contributed by atoms with Crippen LogP contribution < -0.4 is 0 Å². The van der Waals surface area contributed by atoms with Gasteiger partial charge in [0, 0.05) is 13.1 Å². The number of nitrogens with zero attached hydrogens (tertiary/aromatic N) is 3. The SMILES string of the molecule is CCN(Cc1ccccc1)C(=O)c1n[nH]nc1C. The van der Waals surface area contributed by atoms with Gasteiger partial charge >= 0.3 is 0 Å². The lowest BCUT2D eigenvalue weighted by Gasteiger charge is -2.19. The van der Waals surface area contributed by atoms with Gasteiger partial charge in [-0.05, 0) is 19.4 Å². The first-order chi connectivity index (χ1) is 8.72. The predicted octanol–water partition coefficient (Wildman–Crippen LogP) is 1.78. The third-order valence-corrected chi connectivity index (χ3v) is 2.81. The van der Waals surface area contributed by atoms with Crippen molar-refractivity contribution in [3.05, 3.63) is 47.3 Å². The Balaban J connectivity index is 2.15. The summed E-state index contributed by atoms with van der Waals surface area (Å²) < 4.78 is 0. The van der Waals surface area contributed by atoms with Gasteiger partial charge in [-0.3, -0.25) is 4.79 Å². The molecule has 0 spiro atoms. The van der Waals surface area contributed by atoms with Crippen LogP contribution in [-0.4, -0.2) is 32.8 Å². The summed E-state index contributed by atoms with van der Waals surface area (Å²) in [6, 6.07) is 9.91. The molecule has 0 aliphatic carbocycles. The summed E-state index contributed by atoms with van der Waals surface area (Å²) in [4.78, 5) is 14.0. The van der Waals surface area contributed by atoms with Crippen molar-refractivity contribution in [2.45, 2.75) is 20.4 Å². The standard InChI is InChI=1S/C13H16N4O/c1-3-17(9-11-7-5-4-6-8-11)13(18)12-10(2)14-16-15-12/h4-8H,3,9H2,1-2H3,(H,14,15,16). The summed E-state index contributed by atoms with van der Waals surface area (Å²) in [6.07, 6.45) is 0. The van der Waals surface area contributed by atoms with E-state index >= 15 is 0 Å². The minimum absolute atomic E-state index is 0.0902. The lowest BCUT2D eigenvalue weighted by Crippen LogP contribution is -2.31. The van der Waals surface area contributed by atoms with Gasteiger partial charge in [0.05, 0.1) is 5.69 Å². The average Bonchev–Trinajstić information content (AvgIpc) is 2.82. The second-order valence-electron chi connectivity index (χ2n) is 4.06. The number of aromatic nitrogens is 3. The van der Waals surface area contributed by atoms with E-state index in [9.17, 15) is 4.79 Å². The van der Waals surface area contributed by atoms with Crippen molar-refractivity contribution in [1.82, 2.24) is 20.3 Å². The molecule has 1 N–H and O–H groups in total. The van der Waals surface area contributed by atoms with Gasteiger partial charge in [0.2, 0.25) is 0 Å². The van der Waals surface area contributed by atoms with Crippen LogP contribution >= 0.6 is 0 Å². The molecular weight excluding hydrogens is 228 g/mol. The van der Waals surface area contributed by atoms with E-state index in [0.29, 0.717) is 24.5 Å². The highest BCUT2D eigenvalue weighted by atomic mass is 16.2. The minimum atomic E-state index is -0.0902. The largest absolute Gasteiger partial charge is 0.333 e. The molecule has 0 unspecified atom stereocenters. The molecule has 5 nitrogen and oxygen atoms in total. The van der Waals surface area contributed by atoms with Gasteiger partial charge in [-0.15, -0.1) is 0 Å². The molecule has 1 aromatic carbocycles. The van der Waals surface area contributed by atoms with Crippen LogP contribution in [0.15, 0.2) is 30.3 Å². The Kier molecular flexibility index (Phi) is 3.72. The van der Waals surface area contributed by atoms with Gasteiger partial charge in [0.15, 0.2) is 5.69 Å². The molecule has 0 aliphatic rings. The van der Waals surface area contributed by atoms with Gasteiger partial charge in [0.25, 0.3) is 5.91 Å². The Morgan fingerprint density at radius 1 is 1.28 bits per heavy atom. The van der Waals surface area contributed by atoms with Gasteiger partial charge < -0.3 is 4.90 Å². The monoisotopic (exact) mass is 244 g/mol. The van der Waals surface area contributed by atoms with Crippen molar-refractivity contribution in [2.75, 3.05) is 6.54 Å². The molecule has 1 heterocycles. The molecule has 0 radical (unpaired) electrons. The highest BCUT2D eigenvalue weighted by Gasteiger charge is 2.19. The van der Waals surface area contributed by atoms with E-state index in [2.05, 4.69) is 15.4 Å². The number of aryl methyl sites for hydroxylation is 1. The molecule has 0 fully saturated rings. The fourth-order valence-corrected chi connectivity index (χ4v) is 1.77. The van der Waals surface area contributed by atoms with Crippen LogP contribution in [0.2, 0.25) is 0 Å². The Bertz CT molecular complexity index is 521. The number of amides is 1. The molecule has 2 aromatic rings. The minimum Gasteiger partial charge on any atom is -0.333 e. The molecule has 1 aromatic heterocycles. The van der Waals surface area contributed by atoms with Gasteiger partial charge in [0.1, 0.15) is 0 Å². The number of nitrogens with one attached hydrogen (secondary N) is 1. The fourth-order valence-electron chi connectivity index (χ4n) is 1.77. The maximum Gasteiger partial charge on any atom is 0.276 e. The number of carbonyl (C=O) groups is 1. The van der Waals surface area contributed by atoms with Crippen LogP contribution in [0, 0.1) is 6.92 Å². The van der Waals surface area contributed by atoms with Gasteiger partial charge in [-0.25, -0.2) is 0 Å². The zero-order valence-corrected chi connectivity index (χ0v) is 10.6. The molecule has 2 rings (SSSR count). The molecule has 5 heteroatoms. The molecule has 94 valence electrons. The van der Waals surface area contributed by atoms with Crippen molar-refractivity contribution in [3.63, 3.8) is 0 Å². The highest BCUT2D eigenvalue weighted by Crippen LogP contribution is 2.09. The molecule has 0 bridgehead atoms. The van der Waals surface area contributed by atoms with Crippen LogP contribution in [0.5, 0.6) is 0 Å². The Labute approximate surface area is 106 Å².